The van der Waals surface area contributed by atoms with E-state index in [1.807, 2.05) is 0 Å². The van der Waals surface area contributed by atoms with Crippen molar-refractivity contribution >= 4 is 0 Å². The lowest BCUT2D eigenvalue weighted by molar-refractivity contribution is -0.759. The van der Waals surface area contributed by atoms with E-state index in [9.17, 15) is 0 Å². The first-order valence-corrected chi connectivity index (χ1v) is 11.2. The third-order valence-electron chi connectivity index (χ3n) is 6.57. The largest absolute Gasteiger partial charge is 0.216 e. The number of aromatic nitrogens is 1. The molecule has 1 aliphatic heterocycles. The van der Waals surface area contributed by atoms with Crippen molar-refractivity contribution in [2.24, 2.45) is 0 Å². The van der Waals surface area contributed by atoms with Crippen LogP contribution in [0.25, 0.3) is 11.3 Å². The summed E-state index contributed by atoms with van der Waals surface area (Å²) in [7, 11) is 0. The molecule has 0 saturated heterocycles. The van der Waals surface area contributed by atoms with Crippen molar-refractivity contribution < 1.29 is 4.57 Å². The van der Waals surface area contributed by atoms with Gasteiger partial charge in [0, 0.05) is 30.4 Å². The van der Waals surface area contributed by atoms with E-state index in [0.29, 0.717) is 0 Å². The van der Waals surface area contributed by atoms with Gasteiger partial charge in [-0.1, -0.05) is 52.2 Å². The van der Waals surface area contributed by atoms with E-state index in [-0.39, 0.29) is 5.54 Å². The molecule has 0 fully saturated rings. The van der Waals surface area contributed by atoms with Gasteiger partial charge >= 0.3 is 0 Å². The van der Waals surface area contributed by atoms with Crippen LogP contribution < -0.4 is 4.57 Å². The summed E-state index contributed by atoms with van der Waals surface area (Å²) in [6.07, 6.45) is 13.8. The van der Waals surface area contributed by atoms with Crippen LogP contribution in [0.1, 0.15) is 88.0 Å². The molecule has 2 heterocycles. The third kappa shape index (κ3) is 3.98. The zero-order valence-electron chi connectivity index (χ0n) is 18.2. The van der Waals surface area contributed by atoms with Crippen molar-refractivity contribution in [1.82, 2.24) is 0 Å². The van der Waals surface area contributed by atoms with Crippen LogP contribution in [0, 0.1) is 13.8 Å². The first kappa shape index (κ1) is 20.1. The van der Waals surface area contributed by atoms with Gasteiger partial charge in [-0.15, -0.1) is 0 Å². The summed E-state index contributed by atoms with van der Waals surface area (Å²) >= 11 is 0. The van der Waals surface area contributed by atoms with Crippen LogP contribution in [-0.2, 0) is 18.4 Å². The standard InChI is InChI=1S/C26H38N/c1-6-9-11-15-26(8-3)18-23-14-13-22(12-10-7-2)17-24(23)25-21(5)16-20(4)19-27(25)26/h13-14,16-17,19H,6-12,15,18H2,1-5H3/q+1. The second kappa shape index (κ2) is 8.59. The minimum atomic E-state index is 0.235. The minimum Gasteiger partial charge on any atom is -0.192 e. The van der Waals surface area contributed by atoms with Crippen molar-refractivity contribution in [2.75, 3.05) is 0 Å². The molecule has 1 nitrogen and oxygen atoms in total. The Balaban J connectivity index is 2.12. The Morgan fingerprint density at radius 3 is 2.44 bits per heavy atom. The average molecular weight is 365 g/mol. The molecular formula is C26H38N+. The maximum Gasteiger partial charge on any atom is 0.216 e. The van der Waals surface area contributed by atoms with Gasteiger partial charge in [0.2, 0.25) is 5.69 Å². The number of aryl methyl sites for hydroxylation is 3. The molecule has 3 rings (SSSR count). The molecule has 146 valence electrons. The SMILES string of the molecule is CCCCCC1(CC)Cc2ccc(CCCC)cc2-c2c(C)cc(C)c[n+]21. The average Bonchev–Trinajstić information content (AvgIpc) is 2.66. The van der Waals surface area contributed by atoms with E-state index in [1.165, 1.54) is 85.7 Å². The highest BCUT2D eigenvalue weighted by molar-refractivity contribution is 5.67. The maximum atomic E-state index is 2.68. The van der Waals surface area contributed by atoms with E-state index < -0.39 is 0 Å². The van der Waals surface area contributed by atoms with Crippen molar-refractivity contribution in [1.29, 1.82) is 0 Å². The molecule has 0 spiro atoms. The van der Waals surface area contributed by atoms with Gasteiger partial charge in [-0.2, -0.15) is 4.57 Å². The molecule has 1 atom stereocenters. The van der Waals surface area contributed by atoms with Gasteiger partial charge in [-0.25, -0.2) is 0 Å². The highest BCUT2D eigenvalue weighted by atomic mass is 15.1. The van der Waals surface area contributed by atoms with E-state index >= 15 is 0 Å². The molecule has 1 heteroatoms. The molecule has 1 aromatic carbocycles. The lowest BCUT2D eigenvalue weighted by Gasteiger charge is -2.35. The van der Waals surface area contributed by atoms with Gasteiger partial charge < -0.3 is 0 Å². The molecule has 0 bridgehead atoms. The van der Waals surface area contributed by atoms with Gasteiger partial charge in [0.15, 0.2) is 11.7 Å². The number of unbranched alkanes of at least 4 members (excludes halogenated alkanes) is 3. The minimum absolute atomic E-state index is 0.235. The molecule has 0 radical (unpaired) electrons. The second-order valence-corrected chi connectivity index (χ2v) is 8.73. The fourth-order valence-electron chi connectivity index (χ4n) is 4.98. The van der Waals surface area contributed by atoms with Gasteiger partial charge in [-0.3, -0.25) is 0 Å². The lowest BCUT2D eigenvalue weighted by atomic mass is 9.76. The number of fused-ring (bicyclic) bond motifs is 3. The summed E-state index contributed by atoms with van der Waals surface area (Å²) in [4.78, 5) is 0. The van der Waals surface area contributed by atoms with E-state index in [0.717, 1.165) is 0 Å². The predicted molar refractivity (Wildman–Crippen MR) is 116 cm³/mol. The van der Waals surface area contributed by atoms with Crippen molar-refractivity contribution in [3.05, 3.63) is 52.7 Å². The summed E-state index contributed by atoms with van der Waals surface area (Å²) < 4.78 is 2.68. The Morgan fingerprint density at radius 2 is 1.74 bits per heavy atom. The normalized spacial score (nSPS) is 18.3. The number of benzene rings is 1. The highest BCUT2D eigenvalue weighted by Gasteiger charge is 2.45. The molecule has 1 aromatic heterocycles. The van der Waals surface area contributed by atoms with E-state index in [1.54, 1.807) is 5.56 Å². The van der Waals surface area contributed by atoms with Crippen LogP contribution in [0.2, 0.25) is 0 Å². The van der Waals surface area contributed by atoms with Crippen LogP contribution in [0.3, 0.4) is 0 Å². The summed E-state index contributed by atoms with van der Waals surface area (Å²) in [6.45, 7) is 11.5. The molecule has 1 unspecified atom stereocenters. The summed E-state index contributed by atoms with van der Waals surface area (Å²) in [5, 5.41) is 0. The van der Waals surface area contributed by atoms with Crippen molar-refractivity contribution in [3.63, 3.8) is 0 Å². The highest BCUT2D eigenvalue weighted by Crippen LogP contribution is 2.39. The van der Waals surface area contributed by atoms with Crippen LogP contribution >= 0.6 is 0 Å². The molecule has 0 aliphatic carbocycles. The molecule has 0 N–H and O–H groups in total. The molecule has 2 aromatic rings. The van der Waals surface area contributed by atoms with Gasteiger partial charge in [0.05, 0.1) is 5.56 Å². The monoisotopic (exact) mass is 364 g/mol. The van der Waals surface area contributed by atoms with Gasteiger partial charge in [0.25, 0.3) is 0 Å². The second-order valence-electron chi connectivity index (χ2n) is 8.73. The van der Waals surface area contributed by atoms with Gasteiger partial charge in [-0.05, 0) is 56.4 Å². The molecule has 1 aliphatic rings. The summed E-state index contributed by atoms with van der Waals surface area (Å²) in [5.41, 5.74) is 9.06. The Labute approximate surface area is 166 Å². The molecule has 27 heavy (non-hydrogen) atoms. The van der Waals surface area contributed by atoms with Gasteiger partial charge in [0.1, 0.15) is 0 Å². The summed E-state index contributed by atoms with van der Waals surface area (Å²) in [6, 6.07) is 9.68. The first-order chi connectivity index (χ1) is 13.0. The molecule has 0 amide bonds. The zero-order chi connectivity index (χ0) is 19.4. The predicted octanol–water partition coefficient (Wildman–Crippen LogP) is 6.84. The Kier molecular flexibility index (Phi) is 6.40. The number of hydrogen-bond acceptors (Lipinski definition) is 0. The first-order valence-electron chi connectivity index (χ1n) is 11.2. The fraction of sp³-hybridized carbons (Fsp3) is 0.577. The maximum absolute atomic E-state index is 2.68. The lowest BCUT2D eigenvalue weighted by Crippen LogP contribution is -2.61. The molecular weight excluding hydrogens is 326 g/mol. The third-order valence-corrected chi connectivity index (χ3v) is 6.57. The van der Waals surface area contributed by atoms with Crippen LogP contribution in [0.5, 0.6) is 0 Å². The Morgan fingerprint density at radius 1 is 0.963 bits per heavy atom. The van der Waals surface area contributed by atoms with E-state index in [4.69, 9.17) is 0 Å². The zero-order valence-corrected chi connectivity index (χ0v) is 18.2. The molecule has 0 saturated carbocycles. The van der Waals surface area contributed by atoms with Crippen LogP contribution in [-0.4, -0.2) is 0 Å². The Bertz CT molecular complexity index is 789. The number of pyridine rings is 1. The summed E-state index contributed by atoms with van der Waals surface area (Å²) in [5.74, 6) is 0. The number of hydrogen-bond donors (Lipinski definition) is 0. The van der Waals surface area contributed by atoms with Crippen molar-refractivity contribution in [3.8, 4) is 11.3 Å². The van der Waals surface area contributed by atoms with Crippen molar-refractivity contribution in [2.45, 2.75) is 97.9 Å². The quantitative estimate of drug-likeness (QED) is 0.356. The fourth-order valence-corrected chi connectivity index (χ4v) is 4.98. The number of rotatable bonds is 8. The topological polar surface area (TPSA) is 3.88 Å². The van der Waals surface area contributed by atoms with E-state index in [2.05, 4.69) is 69.6 Å². The number of nitrogens with zero attached hydrogens (tertiary/aromatic N) is 1. The van der Waals surface area contributed by atoms with Crippen LogP contribution in [0.15, 0.2) is 30.5 Å². The smallest absolute Gasteiger partial charge is 0.192 e. The Hall–Kier alpha value is -1.63. The van der Waals surface area contributed by atoms with Crippen LogP contribution in [0.4, 0.5) is 0 Å².